The highest BCUT2D eigenvalue weighted by Gasteiger charge is 1.93. The zero-order chi connectivity index (χ0) is 20.8. The Morgan fingerprint density at radius 1 is 0.857 bits per heavy atom. The van der Waals surface area contributed by atoms with Gasteiger partial charge in [-0.1, -0.05) is 30.0 Å². The van der Waals surface area contributed by atoms with E-state index in [1.807, 2.05) is 0 Å². The van der Waals surface area contributed by atoms with Crippen molar-refractivity contribution in [2.75, 3.05) is 11.7 Å². The number of nitro groups is 2. The van der Waals surface area contributed by atoms with E-state index in [4.69, 9.17) is 11.7 Å². The molecular formula is C6H10N18O4. The number of hydrogen-bond donors (Lipinski definition) is 4. The summed E-state index contributed by atoms with van der Waals surface area (Å²) in [6.07, 6.45) is 6.36. The third-order valence-corrected chi connectivity index (χ3v) is 1.89. The Hall–Kier alpha value is -5.18. The number of nitrogens with zero attached hydrogens (tertiary/aromatic N) is 14. The average Bonchev–Trinajstić information content (AvgIpc) is 3.45. The van der Waals surface area contributed by atoms with Gasteiger partial charge in [0.25, 0.3) is 11.9 Å². The molecule has 0 aliphatic rings. The molecule has 4 heterocycles. The Morgan fingerprint density at radius 2 is 1.25 bits per heavy atom. The van der Waals surface area contributed by atoms with Gasteiger partial charge in [-0.05, 0) is 31.3 Å². The minimum absolute atomic E-state index is 0.565. The van der Waals surface area contributed by atoms with Crippen LogP contribution >= 0.6 is 0 Å². The predicted molar refractivity (Wildman–Crippen MR) is 77.5 cm³/mol. The van der Waals surface area contributed by atoms with Crippen molar-refractivity contribution in [2.45, 2.75) is 0 Å². The van der Waals surface area contributed by atoms with E-state index in [1.165, 1.54) is 9.58 Å². The van der Waals surface area contributed by atoms with Gasteiger partial charge >= 0.3 is 0 Å². The molecule has 0 saturated carbocycles. The summed E-state index contributed by atoms with van der Waals surface area (Å²) in [5.41, 5.74) is 0. The van der Waals surface area contributed by atoms with Crippen LogP contribution in [0.1, 0.15) is 0 Å². The van der Waals surface area contributed by atoms with Crippen LogP contribution in [-0.4, -0.2) is 61.5 Å². The van der Waals surface area contributed by atoms with Crippen molar-refractivity contribution < 1.29 is 19.4 Å². The molecule has 0 atom stereocenters. The topological polar surface area (TPSA) is 309 Å². The summed E-state index contributed by atoms with van der Waals surface area (Å²) in [6, 6.07) is 0. The van der Waals surface area contributed by atoms with E-state index in [0.29, 0.717) is 0 Å². The van der Waals surface area contributed by atoms with Crippen LogP contribution in [0.4, 0.5) is 11.9 Å². The SMILES string of the molecule is N[n+]1ccn[nH]1.N[n+]1ccn[nH]1.O=[N+]([O-])c1nnn[n-]1.O=[N+]([O-])c1nnn[n-]1. The highest BCUT2D eigenvalue weighted by Crippen LogP contribution is 1.90. The molecule has 4 aromatic heterocycles. The van der Waals surface area contributed by atoms with Crippen LogP contribution in [0.25, 0.3) is 0 Å². The van der Waals surface area contributed by atoms with Gasteiger partial charge in [0.2, 0.25) is 12.4 Å². The number of aromatic amines is 2. The van der Waals surface area contributed by atoms with Gasteiger partial charge < -0.3 is 20.2 Å². The van der Waals surface area contributed by atoms with Crippen molar-refractivity contribution >= 4 is 11.9 Å². The van der Waals surface area contributed by atoms with Gasteiger partial charge in [0.05, 0.1) is 0 Å². The molecule has 0 radical (unpaired) electrons. The number of nitrogens with two attached hydrogens (primary N) is 2. The van der Waals surface area contributed by atoms with Crippen LogP contribution in [-0.2, 0) is 0 Å². The standard InChI is InChI=1S/2C2H4N4.2CN5O2/c2*3-6-2-1-4-5-6;2*7-6(8)1-2-4-5-3-1/h2*1-2H,3H2;;/q;;2*-1/p+2. The molecule has 0 saturated heterocycles. The smallest absolute Gasteiger partial charge is 0.296 e. The first kappa shape index (κ1) is 20.9. The molecule has 22 heteroatoms. The van der Waals surface area contributed by atoms with E-state index in [9.17, 15) is 20.2 Å². The number of hydrogen-bond acceptors (Lipinski definition) is 14. The Labute approximate surface area is 151 Å². The molecule has 0 fully saturated rings. The minimum Gasteiger partial charge on any atom is -0.458 e. The second-order valence-corrected chi connectivity index (χ2v) is 3.74. The number of nitrogens with one attached hydrogen (secondary N) is 2. The molecule has 4 aromatic rings. The normalized spacial score (nSPS) is 8.86. The minimum atomic E-state index is -0.764. The first-order valence-electron chi connectivity index (χ1n) is 6.38. The van der Waals surface area contributed by atoms with Crippen LogP contribution in [0.3, 0.4) is 0 Å². The highest BCUT2D eigenvalue weighted by atomic mass is 16.6. The molecule has 148 valence electrons. The van der Waals surface area contributed by atoms with Crippen molar-refractivity contribution in [3.63, 3.8) is 0 Å². The van der Waals surface area contributed by atoms with E-state index in [1.54, 1.807) is 24.8 Å². The quantitative estimate of drug-likeness (QED) is 0.106. The van der Waals surface area contributed by atoms with Crippen LogP contribution in [0.2, 0.25) is 0 Å². The fourth-order valence-electron chi connectivity index (χ4n) is 0.903. The Kier molecular flexibility index (Phi) is 8.49. The monoisotopic (exact) mass is 398 g/mol. The van der Waals surface area contributed by atoms with Gasteiger partial charge in [-0.25, -0.2) is 0 Å². The number of tetrazole rings is 2. The molecule has 0 amide bonds. The first-order chi connectivity index (χ1) is 13.4. The van der Waals surface area contributed by atoms with E-state index < -0.39 is 21.7 Å². The van der Waals surface area contributed by atoms with Crippen molar-refractivity contribution in [3.8, 4) is 0 Å². The number of rotatable bonds is 2. The lowest BCUT2D eigenvalue weighted by atomic mass is 11.0. The maximum Gasteiger partial charge on any atom is 0.296 e. The lowest BCUT2D eigenvalue weighted by Gasteiger charge is -1.92. The molecule has 0 aliphatic carbocycles. The van der Waals surface area contributed by atoms with Crippen molar-refractivity contribution in [1.82, 2.24) is 61.9 Å². The van der Waals surface area contributed by atoms with Gasteiger partial charge in [-0.2, -0.15) is 9.85 Å². The Balaban J connectivity index is 0.000000188. The van der Waals surface area contributed by atoms with Gasteiger partial charge in [-0.3, -0.25) is 11.7 Å². The lowest BCUT2D eigenvalue weighted by Crippen LogP contribution is -2.45. The van der Waals surface area contributed by atoms with Gasteiger partial charge in [0.15, 0.2) is 12.4 Å². The molecule has 6 N–H and O–H groups in total. The van der Waals surface area contributed by atoms with E-state index >= 15 is 0 Å². The van der Waals surface area contributed by atoms with Crippen LogP contribution in [0.5, 0.6) is 0 Å². The van der Waals surface area contributed by atoms with Gasteiger partial charge in [0.1, 0.15) is 0 Å². The zero-order valence-corrected chi connectivity index (χ0v) is 13.4. The summed E-state index contributed by atoms with van der Waals surface area (Å²) in [5.74, 6) is 9.02. The summed E-state index contributed by atoms with van der Waals surface area (Å²) in [4.78, 5) is 20.3. The summed E-state index contributed by atoms with van der Waals surface area (Å²) in [7, 11) is 0. The van der Waals surface area contributed by atoms with Gasteiger partial charge in [0, 0.05) is 10.2 Å². The summed E-state index contributed by atoms with van der Waals surface area (Å²) in [6.45, 7) is 0. The van der Waals surface area contributed by atoms with E-state index in [2.05, 4.69) is 61.9 Å². The van der Waals surface area contributed by atoms with E-state index in [0.717, 1.165) is 0 Å². The molecular weight excluding hydrogens is 388 g/mol. The molecule has 0 unspecified atom stereocenters. The fraction of sp³-hybridized carbons (Fsp3) is 0. The summed E-state index contributed by atoms with van der Waals surface area (Å²) in [5, 5.41) is 54.6. The third kappa shape index (κ3) is 8.61. The Bertz CT molecular complexity index is 806. The average molecular weight is 398 g/mol. The zero-order valence-electron chi connectivity index (χ0n) is 13.4. The molecule has 0 bridgehead atoms. The Morgan fingerprint density at radius 3 is 1.36 bits per heavy atom. The van der Waals surface area contributed by atoms with Crippen LogP contribution < -0.4 is 31.5 Å². The molecule has 0 aromatic carbocycles. The second-order valence-electron chi connectivity index (χ2n) is 3.74. The van der Waals surface area contributed by atoms with Gasteiger partial charge in [-0.15, -0.1) is 0 Å². The molecule has 0 spiro atoms. The van der Waals surface area contributed by atoms with E-state index in [-0.39, 0.29) is 0 Å². The molecule has 22 nitrogen and oxygen atoms in total. The highest BCUT2D eigenvalue weighted by molar-refractivity contribution is 4.91. The fourth-order valence-corrected chi connectivity index (χ4v) is 0.903. The first-order valence-corrected chi connectivity index (χ1v) is 6.38. The predicted octanol–water partition coefficient (Wildman–Crippen LogP) is -5.70. The number of aromatic nitrogens is 14. The molecule has 0 aliphatic heterocycles. The number of nitrogen functional groups attached to an aromatic ring is 2. The number of H-pyrrole nitrogens is 2. The largest absolute Gasteiger partial charge is 0.458 e. The molecule has 28 heavy (non-hydrogen) atoms. The lowest BCUT2D eigenvalue weighted by molar-refractivity contribution is -0.700. The maximum absolute atomic E-state index is 9.66. The third-order valence-electron chi connectivity index (χ3n) is 1.89. The van der Waals surface area contributed by atoms with Crippen molar-refractivity contribution in [3.05, 3.63) is 45.0 Å². The van der Waals surface area contributed by atoms with Crippen molar-refractivity contribution in [2.24, 2.45) is 0 Å². The summed E-state index contributed by atoms with van der Waals surface area (Å²) < 4.78 is 0. The summed E-state index contributed by atoms with van der Waals surface area (Å²) >= 11 is 0. The molecule has 4 rings (SSSR count). The van der Waals surface area contributed by atoms with Crippen molar-refractivity contribution in [1.29, 1.82) is 0 Å². The maximum atomic E-state index is 9.66. The second kappa shape index (κ2) is 11.4. The van der Waals surface area contributed by atoms with Crippen LogP contribution in [0.15, 0.2) is 24.8 Å². The van der Waals surface area contributed by atoms with Crippen LogP contribution in [0, 0.1) is 20.2 Å².